The van der Waals surface area contributed by atoms with Gasteiger partial charge in [-0.15, -0.1) is 0 Å². The fraction of sp³-hybridized carbons (Fsp3) is 0.0667. The Hall–Kier alpha value is -3.22. The predicted molar refractivity (Wildman–Crippen MR) is 79.5 cm³/mol. The molecule has 0 saturated heterocycles. The highest BCUT2D eigenvalue weighted by atomic mass is 16.5. The monoisotopic (exact) mass is 296 g/mol. The van der Waals surface area contributed by atoms with Crippen LogP contribution in [0.5, 0.6) is 0 Å². The Morgan fingerprint density at radius 3 is 2.77 bits per heavy atom. The molecule has 0 aliphatic rings. The van der Waals surface area contributed by atoms with Crippen LogP contribution in [0.4, 0.5) is 5.69 Å². The molecule has 3 aromatic rings. The standard InChI is InChI=1S/C15H12N4O3/c1-9-4-2-7-12(16-9)14(20)17-11-6-3-5-10(8-11)13-18-15(21)22-19-13/h2-8H,1H3,(H,17,20)(H,18,19,21). The molecule has 0 unspecified atom stereocenters. The number of aromatic amines is 1. The number of hydrogen-bond donors (Lipinski definition) is 2. The summed E-state index contributed by atoms with van der Waals surface area (Å²) in [6, 6.07) is 12.1. The molecule has 22 heavy (non-hydrogen) atoms. The van der Waals surface area contributed by atoms with Crippen molar-refractivity contribution in [3.63, 3.8) is 0 Å². The van der Waals surface area contributed by atoms with E-state index in [-0.39, 0.29) is 5.91 Å². The quantitative estimate of drug-likeness (QED) is 0.769. The minimum Gasteiger partial charge on any atom is -0.321 e. The summed E-state index contributed by atoms with van der Waals surface area (Å²) in [5, 5.41) is 6.36. The molecule has 0 atom stereocenters. The van der Waals surface area contributed by atoms with Crippen molar-refractivity contribution in [2.45, 2.75) is 6.92 Å². The van der Waals surface area contributed by atoms with Crippen molar-refractivity contribution >= 4 is 11.6 Å². The molecule has 0 saturated carbocycles. The number of H-pyrrole nitrogens is 1. The fourth-order valence-electron chi connectivity index (χ4n) is 1.96. The first-order valence-electron chi connectivity index (χ1n) is 6.53. The van der Waals surface area contributed by atoms with Gasteiger partial charge in [-0.2, -0.15) is 0 Å². The zero-order valence-corrected chi connectivity index (χ0v) is 11.7. The number of carbonyl (C=O) groups is 1. The Morgan fingerprint density at radius 1 is 1.23 bits per heavy atom. The number of carbonyl (C=O) groups excluding carboxylic acids is 1. The van der Waals surface area contributed by atoms with Crippen molar-refractivity contribution in [2.75, 3.05) is 5.32 Å². The van der Waals surface area contributed by atoms with Gasteiger partial charge in [-0.3, -0.25) is 14.3 Å². The number of amides is 1. The summed E-state index contributed by atoms with van der Waals surface area (Å²) >= 11 is 0. The van der Waals surface area contributed by atoms with Crippen LogP contribution < -0.4 is 11.1 Å². The Balaban J connectivity index is 1.84. The van der Waals surface area contributed by atoms with Crippen LogP contribution in [-0.2, 0) is 0 Å². The van der Waals surface area contributed by atoms with Gasteiger partial charge in [0.15, 0.2) is 5.82 Å². The number of aryl methyl sites for hydroxylation is 1. The van der Waals surface area contributed by atoms with Crippen molar-refractivity contribution in [2.24, 2.45) is 0 Å². The molecule has 0 radical (unpaired) electrons. The van der Waals surface area contributed by atoms with Crippen LogP contribution in [0.2, 0.25) is 0 Å². The second-order valence-electron chi connectivity index (χ2n) is 4.64. The summed E-state index contributed by atoms with van der Waals surface area (Å²) in [7, 11) is 0. The highest BCUT2D eigenvalue weighted by Crippen LogP contribution is 2.18. The maximum Gasteiger partial charge on any atom is 0.439 e. The van der Waals surface area contributed by atoms with Gasteiger partial charge in [0.05, 0.1) is 0 Å². The first kappa shape index (κ1) is 13.7. The highest BCUT2D eigenvalue weighted by molar-refractivity contribution is 6.03. The van der Waals surface area contributed by atoms with E-state index >= 15 is 0 Å². The first-order valence-corrected chi connectivity index (χ1v) is 6.53. The Morgan fingerprint density at radius 2 is 2.05 bits per heavy atom. The lowest BCUT2D eigenvalue weighted by Crippen LogP contribution is -2.13. The van der Waals surface area contributed by atoms with Crippen molar-refractivity contribution in [3.05, 3.63) is 64.4 Å². The lowest BCUT2D eigenvalue weighted by molar-refractivity contribution is 0.102. The molecule has 0 spiro atoms. The van der Waals surface area contributed by atoms with E-state index in [4.69, 9.17) is 0 Å². The van der Waals surface area contributed by atoms with Crippen LogP contribution in [0.25, 0.3) is 11.4 Å². The lowest BCUT2D eigenvalue weighted by atomic mass is 10.2. The maximum atomic E-state index is 12.2. The zero-order chi connectivity index (χ0) is 15.5. The normalized spacial score (nSPS) is 10.4. The fourth-order valence-corrected chi connectivity index (χ4v) is 1.96. The van der Waals surface area contributed by atoms with Gasteiger partial charge in [0.2, 0.25) is 0 Å². The number of anilines is 1. The SMILES string of the molecule is Cc1cccc(C(=O)Nc2cccc(-c3noc(=O)[nH]3)c2)n1. The van der Waals surface area contributed by atoms with Crippen molar-refractivity contribution in [3.8, 4) is 11.4 Å². The zero-order valence-electron chi connectivity index (χ0n) is 11.7. The van der Waals surface area contributed by atoms with Gasteiger partial charge in [-0.25, -0.2) is 9.78 Å². The maximum absolute atomic E-state index is 12.2. The lowest BCUT2D eigenvalue weighted by Gasteiger charge is -2.06. The molecule has 3 rings (SSSR count). The third kappa shape index (κ3) is 2.93. The van der Waals surface area contributed by atoms with Gasteiger partial charge in [0.1, 0.15) is 5.69 Å². The minimum atomic E-state index is -0.631. The van der Waals surface area contributed by atoms with Gasteiger partial charge in [0, 0.05) is 16.9 Å². The van der Waals surface area contributed by atoms with Crippen molar-refractivity contribution in [1.82, 2.24) is 15.1 Å². The molecule has 7 nitrogen and oxygen atoms in total. The van der Waals surface area contributed by atoms with E-state index in [1.165, 1.54) is 0 Å². The predicted octanol–water partition coefficient (Wildman–Crippen LogP) is 1.99. The van der Waals surface area contributed by atoms with Crippen LogP contribution >= 0.6 is 0 Å². The molecule has 0 aliphatic heterocycles. The van der Waals surface area contributed by atoms with E-state index < -0.39 is 5.76 Å². The van der Waals surface area contributed by atoms with Gasteiger partial charge >= 0.3 is 5.76 Å². The van der Waals surface area contributed by atoms with E-state index in [1.54, 1.807) is 36.4 Å². The number of pyridine rings is 1. The van der Waals surface area contributed by atoms with Gasteiger partial charge in [-0.05, 0) is 31.2 Å². The number of rotatable bonds is 3. The third-order valence-corrected chi connectivity index (χ3v) is 2.96. The third-order valence-electron chi connectivity index (χ3n) is 2.96. The summed E-state index contributed by atoms with van der Waals surface area (Å²) < 4.78 is 4.46. The Bertz CT molecular complexity index is 882. The van der Waals surface area contributed by atoms with Crippen molar-refractivity contribution < 1.29 is 9.32 Å². The second kappa shape index (κ2) is 5.65. The highest BCUT2D eigenvalue weighted by Gasteiger charge is 2.09. The summed E-state index contributed by atoms with van der Waals surface area (Å²) in [5.74, 6) is -0.641. The molecular weight excluding hydrogens is 284 g/mol. The molecular formula is C15H12N4O3. The molecule has 0 aliphatic carbocycles. The summed E-state index contributed by atoms with van der Waals surface area (Å²) in [4.78, 5) is 29.8. The van der Waals surface area contributed by atoms with E-state index in [9.17, 15) is 9.59 Å². The Labute approximate surface area is 125 Å². The van der Waals surface area contributed by atoms with Crippen molar-refractivity contribution in [1.29, 1.82) is 0 Å². The summed E-state index contributed by atoms with van der Waals surface area (Å²) in [6.07, 6.45) is 0. The molecule has 2 aromatic heterocycles. The van der Waals surface area contributed by atoms with E-state index in [0.717, 1.165) is 5.69 Å². The number of nitrogens with one attached hydrogen (secondary N) is 2. The topological polar surface area (TPSA) is 101 Å². The van der Waals surface area contributed by atoms with E-state index in [1.807, 2.05) is 13.0 Å². The molecule has 1 amide bonds. The number of benzene rings is 1. The molecule has 2 N–H and O–H groups in total. The molecule has 0 fully saturated rings. The van der Waals surface area contributed by atoms with Crippen LogP contribution in [0.15, 0.2) is 51.8 Å². The number of aromatic nitrogens is 3. The average molecular weight is 296 g/mol. The second-order valence-corrected chi connectivity index (χ2v) is 4.64. The smallest absolute Gasteiger partial charge is 0.321 e. The molecule has 7 heteroatoms. The average Bonchev–Trinajstić information content (AvgIpc) is 2.94. The largest absolute Gasteiger partial charge is 0.439 e. The molecule has 2 heterocycles. The van der Waals surface area contributed by atoms with Gasteiger partial charge in [-0.1, -0.05) is 23.4 Å². The van der Waals surface area contributed by atoms with Gasteiger partial charge in [0.25, 0.3) is 5.91 Å². The Kier molecular flexibility index (Phi) is 3.53. The minimum absolute atomic E-state index is 0.301. The van der Waals surface area contributed by atoms with Gasteiger partial charge < -0.3 is 5.32 Å². The molecule has 110 valence electrons. The van der Waals surface area contributed by atoms with Crippen LogP contribution in [0.1, 0.15) is 16.2 Å². The van der Waals surface area contributed by atoms with Crippen LogP contribution in [0.3, 0.4) is 0 Å². The first-order chi connectivity index (χ1) is 10.6. The number of nitrogens with zero attached hydrogens (tertiary/aromatic N) is 2. The molecule has 0 bridgehead atoms. The summed E-state index contributed by atoms with van der Waals surface area (Å²) in [6.45, 7) is 1.82. The number of hydrogen-bond acceptors (Lipinski definition) is 5. The van der Waals surface area contributed by atoms with E-state index in [0.29, 0.717) is 22.8 Å². The van der Waals surface area contributed by atoms with Crippen LogP contribution in [0, 0.1) is 6.92 Å². The van der Waals surface area contributed by atoms with E-state index in [2.05, 4.69) is 25.0 Å². The summed E-state index contributed by atoms with van der Waals surface area (Å²) in [5.41, 5.74) is 2.29. The van der Waals surface area contributed by atoms with Crippen LogP contribution in [-0.4, -0.2) is 21.0 Å². The molecule has 1 aromatic carbocycles.